The van der Waals surface area contributed by atoms with Crippen LogP contribution >= 0.6 is 0 Å². The molecule has 12 heteroatoms. The van der Waals surface area contributed by atoms with Gasteiger partial charge in [-0.3, -0.25) is 0 Å². The molecule has 2 saturated heterocycles. The third-order valence-corrected chi connectivity index (χ3v) is 3.64. The first kappa shape index (κ1) is 23.4. The summed E-state index contributed by atoms with van der Waals surface area (Å²) < 4.78 is 0. The molecular weight excluding hydrogens is 352 g/mol. The fourth-order valence-electron chi connectivity index (χ4n) is 2.15. The van der Waals surface area contributed by atoms with Crippen molar-refractivity contribution in [2.75, 3.05) is 26.2 Å². The number of carbonyl (C=O) groups is 4. The third-order valence-electron chi connectivity index (χ3n) is 3.64. The second-order valence-electron chi connectivity index (χ2n) is 5.63. The number of hydrogen-bond donors (Lipinski definition) is 6. The average molecular weight is 378 g/mol. The molecule has 2 unspecified atom stereocenters. The molecule has 0 aromatic carbocycles. The van der Waals surface area contributed by atoms with Gasteiger partial charge in [-0.15, -0.1) is 0 Å². The van der Waals surface area contributed by atoms with Gasteiger partial charge < -0.3 is 41.7 Å². The van der Waals surface area contributed by atoms with Crippen molar-refractivity contribution in [3.8, 4) is 0 Å². The molecule has 0 saturated carbocycles. The number of carbonyl (C=O) groups excluding carboxylic acids is 2. The molecular formula is C14H26N4O8. The standard InChI is InChI=1S/2C5H10N2O.C4H6O6/c2*6-5(8)7-3-1-2-4-7;5-1(3(7)8)2(6)4(9)10/h2*1-4H2,(H2,6,8);1-2,5-6H,(H,7,8)(H,9,10). The Bertz CT molecular complexity index is 445. The topological polar surface area (TPSA) is 208 Å². The Hall–Kier alpha value is -2.60. The molecule has 2 atom stereocenters. The van der Waals surface area contributed by atoms with E-state index < -0.39 is 24.1 Å². The number of amides is 4. The van der Waals surface area contributed by atoms with Crippen molar-refractivity contribution in [3.05, 3.63) is 0 Å². The van der Waals surface area contributed by atoms with Gasteiger partial charge in [-0.1, -0.05) is 0 Å². The molecule has 2 heterocycles. The van der Waals surface area contributed by atoms with Crippen LogP contribution in [0.3, 0.4) is 0 Å². The number of nitrogens with zero attached hydrogens (tertiary/aromatic N) is 2. The summed E-state index contributed by atoms with van der Waals surface area (Å²) in [5.41, 5.74) is 9.97. The summed E-state index contributed by atoms with van der Waals surface area (Å²) >= 11 is 0. The normalized spacial score (nSPS) is 17.9. The maximum Gasteiger partial charge on any atom is 0.335 e. The van der Waals surface area contributed by atoms with Gasteiger partial charge in [0.15, 0.2) is 12.2 Å². The molecule has 150 valence electrons. The van der Waals surface area contributed by atoms with Crippen molar-refractivity contribution in [3.63, 3.8) is 0 Å². The maximum atomic E-state index is 10.3. The van der Waals surface area contributed by atoms with Gasteiger partial charge in [0.05, 0.1) is 0 Å². The van der Waals surface area contributed by atoms with E-state index in [1.165, 1.54) is 0 Å². The lowest BCUT2D eigenvalue weighted by atomic mass is 10.2. The number of aliphatic hydroxyl groups excluding tert-OH is 2. The number of nitrogens with two attached hydrogens (primary N) is 2. The van der Waals surface area contributed by atoms with Crippen LogP contribution in [0.15, 0.2) is 0 Å². The molecule has 0 aliphatic carbocycles. The zero-order valence-corrected chi connectivity index (χ0v) is 14.3. The van der Waals surface area contributed by atoms with Gasteiger partial charge in [-0.2, -0.15) is 0 Å². The Balaban J connectivity index is 0.000000363. The Morgan fingerprint density at radius 2 is 0.885 bits per heavy atom. The first-order chi connectivity index (χ1) is 12.1. The van der Waals surface area contributed by atoms with E-state index in [9.17, 15) is 19.2 Å². The van der Waals surface area contributed by atoms with Crippen LogP contribution in [0.2, 0.25) is 0 Å². The number of likely N-dealkylation sites (tertiary alicyclic amines) is 2. The lowest BCUT2D eigenvalue weighted by molar-refractivity contribution is -0.165. The van der Waals surface area contributed by atoms with Crippen molar-refractivity contribution >= 4 is 24.0 Å². The Morgan fingerprint density at radius 1 is 0.654 bits per heavy atom. The van der Waals surface area contributed by atoms with E-state index in [4.69, 9.17) is 31.9 Å². The fourth-order valence-corrected chi connectivity index (χ4v) is 2.15. The summed E-state index contributed by atoms with van der Waals surface area (Å²) in [4.78, 5) is 43.6. The number of carboxylic acids is 2. The molecule has 12 nitrogen and oxygen atoms in total. The second-order valence-corrected chi connectivity index (χ2v) is 5.63. The second kappa shape index (κ2) is 11.9. The van der Waals surface area contributed by atoms with Gasteiger partial charge >= 0.3 is 24.0 Å². The summed E-state index contributed by atoms with van der Waals surface area (Å²) in [5, 5.41) is 32.5. The monoisotopic (exact) mass is 378 g/mol. The molecule has 0 radical (unpaired) electrons. The summed E-state index contributed by atoms with van der Waals surface area (Å²) in [6.45, 7) is 3.43. The molecule has 26 heavy (non-hydrogen) atoms. The zero-order chi connectivity index (χ0) is 20.3. The number of urea groups is 2. The zero-order valence-electron chi connectivity index (χ0n) is 14.3. The molecule has 0 aromatic heterocycles. The van der Waals surface area contributed by atoms with Crippen molar-refractivity contribution in [1.29, 1.82) is 0 Å². The van der Waals surface area contributed by atoms with Gasteiger partial charge in [0.2, 0.25) is 0 Å². The van der Waals surface area contributed by atoms with E-state index in [2.05, 4.69) is 0 Å². The Kier molecular flexibility index (Phi) is 10.7. The first-order valence-electron chi connectivity index (χ1n) is 7.98. The van der Waals surface area contributed by atoms with Gasteiger partial charge in [0.1, 0.15) is 0 Å². The minimum atomic E-state index is -2.27. The van der Waals surface area contributed by atoms with Crippen molar-refractivity contribution in [1.82, 2.24) is 9.80 Å². The van der Waals surface area contributed by atoms with Crippen molar-refractivity contribution in [2.45, 2.75) is 37.9 Å². The van der Waals surface area contributed by atoms with E-state index in [0.717, 1.165) is 51.9 Å². The van der Waals surface area contributed by atoms with Gasteiger partial charge in [0.25, 0.3) is 0 Å². The first-order valence-corrected chi connectivity index (χ1v) is 7.98. The highest BCUT2D eigenvalue weighted by Crippen LogP contribution is 2.05. The molecule has 2 rings (SSSR count). The summed E-state index contributed by atoms with van der Waals surface area (Å²) in [7, 11) is 0. The lowest BCUT2D eigenvalue weighted by Gasteiger charge is -2.09. The highest BCUT2D eigenvalue weighted by atomic mass is 16.4. The Morgan fingerprint density at radius 3 is 1.00 bits per heavy atom. The summed E-state index contributed by atoms with van der Waals surface area (Å²) in [6, 6.07) is -0.551. The van der Waals surface area contributed by atoms with Crippen LogP contribution in [0.4, 0.5) is 9.59 Å². The molecule has 8 N–H and O–H groups in total. The van der Waals surface area contributed by atoms with E-state index in [-0.39, 0.29) is 12.1 Å². The number of rotatable bonds is 3. The van der Waals surface area contributed by atoms with Crippen LogP contribution in [-0.2, 0) is 9.59 Å². The molecule has 2 aliphatic rings. The minimum absolute atomic E-state index is 0.275. The predicted molar refractivity (Wildman–Crippen MR) is 88.1 cm³/mol. The predicted octanol–water partition coefficient (Wildman–Crippen LogP) is -1.80. The lowest BCUT2D eigenvalue weighted by Crippen LogP contribution is -2.39. The number of primary amides is 2. The Labute approximate surface area is 150 Å². The molecule has 4 amide bonds. The number of aliphatic hydroxyl groups is 2. The number of aliphatic carboxylic acids is 2. The van der Waals surface area contributed by atoms with Gasteiger partial charge in [-0.05, 0) is 25.7 Å². The van der Waals surface area contributed by atoms with Crippen LogP contribution in [0.25, 0.3) is 0 Å². The summed E-state index contributed by atoms with van der Waals surface area (Å²) in [5.74, 6) is -3.54. The number of hydrogen-bond acceptors (Lipinski definition) is 6. The average Bonchev–Trinajstić information content (AvgIpc) is 3.27. The van der Waals surface area contributed by atoms with Gasteiger partial charge in [-0.25, -0.2) is 19.2 Å². The molecule has 0 spiro atoms. The molecule has 0 aromatic rings. The van der Waals surface area contributed by atoms with Crippen molar-refractivity contribution < 1.29 is 39.6 Å². The van der Waals surface area contributed by atoms with Crippen LogP contribution in [0.1, 0.15) is 25.7 Å². The molecule has 2 fully saturated rings. The van der Waals surface area contributed by atoms with E-state index in [1.807, 2.05) is 0 Å². The summed E-state index contributed by atoms with van der Waals surface area (Å²) in [6.07, 6.45) is -0.0763. The van der Waals surface area contributed by atoms with E-state index in [1.54, 1.807) is 9.80 Å². The largest absolute Gasteiger partial charge is 0.479 e. The molecule has 2 aliphatic heterocycles. The van der Waals surface area contributed by atoms with E-state index in [0.29, 0.717) is 0 Å². The van der Waals surface area contributed by atoms with Crippen molar-refractivity contribution in [2.24, 2.45) is 11.5 Å². The highest BCUT2D eigenvalue weighted by molar-refractivity contribution is 5.83. The smallest absolute Gasteiger partial charge is 0.335 e. The van der Waals surface area contributed by atoms with E-state index >= 15 is 0 Å². The van der Waals surface area contributed by atoms with Crippen LogP contribution in [0.5, 0.6) is 0 Å². The van der Waals surface area contributed by atoms with Gasteiger partial charge in [0, 0.05) is 26.2 Å². The highest BCUT2D eigenvalue weighted by Gasteiger charge is 2.29. The SMILES string of the molecule is NC(=O)N1CCCC1.NC(=O)N1CCCC1.O=C(O)C(O)C(O)C(=O)O. The van der Waals surface area contributed by atoms with Crippen LogP contribution in [-0.4, -0.2) is 92.6 Å². The minimum Gasteiger partial charge on any atom is -0.479 e. The molecule has 0 bridgehead atoms. The maximum absolute atomic E-state index is 10.3. The fraction of sp³-hybridized carbons (Fsp3) is 0.714. The van der Waals surface area contributed by atoms with Crippen LogP contribution in [0, 0.1) is 0 Å². The van der Waals surface area contributed by atoms with Crippen LogP contribution < -0.4 is 11.5 Å². The quantitative estimate of drug-likeness (QED) is 0.329. The number of carboxylic acid groups (broad SMARTS) is 2. The third kappa shape index (κ3) is 9.03.